The quantitative estimate of drug-likeness (QED) is 0.316. The average molecular weight is 197 g/mol. The van der Waals surface area contributed by atoms with E-state index in [1.165, 1.54) is 0 Å². The highest BCUT2D eigenvalue weighted by molar-refractivity contribution is 7.99. The molecule has 0 aromatic heterocycles. The van der Waals surface area contributed by atoms with E-state index in [2.05, 4.69) is 10.0 Å². The molecule has 1 aromatic carbocycles. The van der Waals surface area contributed by atoms with Crippen LogP contribution in [0, 0.1) is 0 Å². The largest absolute Gasteiger partial charge is 0.235 e. The zero-order chi connectivity index (χ0) is 9.52. The average Bonchev–Trinajstić information content (AvgIpc) is 2.16. The number of benzene rings is 1. The van der Waals surface area contributed by atoms with Gasteiger partial charge in [-0.2, -0.15) is 0 Å². The molecular weight excluding hydrogens is 189 g/mol. The second kappa shape index (κ2) is 5.45. The Morgan fingerprint density at radius 1 is 1.46 bits per heavy atom. The third-order valence-electron chi connectivity index (χ3n) is 1.30. The van der Waals surface area contributed by atoms with Crippen molar-refractivity contribution in [2.45, 2.75) is 10.4 Å². The predicted octanol–water partition coefficient (Wildman–Crippen LogP) is 3.38. The summed E-state index contributed by atoms with van der Waals surface area (Å²) in [5.74, 6) is 0. The van der Waals surface area contributed by atoms with E-state index in [9.17, 15) is 4.39 Å². The highest BCUT2D eigenvalue weighted by Gasteiger charge is 2.05. The van der Waals surface area contributed by atoms with Gasteiger partial charge in [-0.25, -0.2) is 4.39 Å². The first-order valence-corrected chi connectivity index (χ1v) is 4.57. The molecule has 13 heavy (non-hydrogen) atoms. The molecule has 0 aliphatic rings. The van der Waals surface area contributed by atoms with Gasteiger partial charge < -0.3 is 0 Å². The Labute approximate surface area is 79.6 Å². The van der Waals surface area contributed by atoms with Crippen molar-refractivity contribution < 1.29 is 4.39 Å². The molecule has 5 heteroatoms. The Morgan fingerprint density at radius 3 is 2.77 bits per heavy atom. The lowest BCUT2D eigenvalue weighted by Gasteiger charge is -2.03. The molecule has 0 aliphatic carbocycles. The van der Waals surface area contributed by atoms with Crippen molar-refractivity contribution >= 4 is 11.8 Å². The van der Waals surface area contributed by atoms with Gasteiger partial charge in [-0.15, -0.1) is 0 Å². The van der Waals surface area contributed by atoms with E-state index in [0.717, 1.165) is 16.7 Å². The Hall–Kier alpha value is -1.19. The van der Waals surface area contributed by atoms with Crippen molar-refractivity contribution in [1.82, 2.24) is 0 Å². The van der Waals surface area contributed by atoms with E-state index >= 15 is 0 Å². The fraction of sp³-hybridized carbons (Fsp3) is 0.250. The van der Waals surface area contributed by atoms with Crippen molar-refractivity contribution in [3.05, 3.63) is 40.8 Å². The molecular formula is C8H8FN3S. The standard InChI is InChI=1S/C8H8FN3S/c9-8(6-11-12-10)13-7-4-2-1-3-5-7/h1-5,8H,6H2. The van der Waals surface area contributed by atoms with Gasteiger partial charge in [0.1, 0.15) is 0 Å². The van der Waals surface area contributed by atoms with Crippen LogP contribution in [0.5, 0.6) is 0 Å². The van der Waals surface area contributed by atoms with Crippen LogP contribution in [0.1, 0.15) is 0 Å². The van der Waals surface area contributed by atoms with E-state index in [0.29, 0.717) is 0 Å². The highest BCUT2D eigenvalue weighted by Crippen LogP contribution is 2.23. The lowest BCUT2D eigenvalue weighted by atomic mass is 10.4. The summed E-state index contributed by atoms with van der Waals surface area (Å²) in [7, 11) is 0. The van der Waals surface area contributed by atoms with Crippen molar-refractivity contribution in [3.63, 3.8) is 0 Å². The van der Waals surface area contributed by atoms with Crippen LogP contribution in [0.3, 0.4) is 0 Å². The van der Waals surface area contributed by atoms with Crippen LogP contribution < -0.4 is 0 Å². The summed E-state index contributed by atoms with van der Waals surface area (Å²) < 4.78 is 13.0. The van der Waals surface area contributed by atoms with E-state index < -0.39 is 5.50 Å². The minimum atomic E-state index is -1.17. The van der Waals surface area contributed by atoms with Gasteiger partial charge in [0.15, 0.2) is 5.50 Å². The van der Waals surface area contributed by atoms with Crippen LogP contribution >= 0.6 is 11.8 Å². The molecule has 1 atom stereocenters. The molecule has 0 N–H and O–H groups in total. The maximum atomic E-state index is 13.0. The number of alkyl halides is 1. The number of thioether (sulfide) groups is 1. The zero-order valence-corrected chi connectivity index (χ0v) is 7.62. The number of rotatable bonds is 4. The molecule has 0 radical (unpaired) electrons. The summed E-state index contributed by atoms with van der Waals surface area (Å²) in [5, 5.41) is 3.15. The Balaban J connectivity index is 2.45. The molecule has 0 saturated carbocycles. The summed E-state index contributed by atoms with van der Waals surface area (Å²) in [6.45, 7) is -0.129. The second-order valence-electron chi connectivity index (χ2n) is 2.25. The summed E-state index contributed by atoms with van der Waals surface area (Å²) >= 11 is 1.05. The van der Waals surface area contributed by atoms with Gasteiger partial charge >= 0.3 is 0 Å². The van der Waals surface area contributed by atoms with E-state index in [1.54, 1.807) is 0 Å². The van der Waals surface area contributed by atoms with E-state index in [1.807, 2.05) is 30.3 Å². The molecule has 1 aromatic rings. The molecule has 68 valence electrons. The number of hydrogen-bond acceptors (Lipinski definition) is 2. The Bertz CT molecular complexity index is 298. The minimum absolute atomic E-state index is 0.129. The first-order valence-electron chi connectivity index (χ1n) is 3.69. The molecule has 0 aliphatic heterocycles. The van der Waals surface area contributed by atoms with Crippen LogP contribution in [-0.2, 0) is 0 Å². The van der Waals surface area contributed by atoms with Crippen LogP contribution in [0.15, 0.2) is 40.3 Å². The zero-order valence-electron chi connectivity index (χ0n) is 6.80. The molecule has 3 nitrogen and oxygen atoms in total. The molecule has 0 fully saturated rings. The van der Waals surface area contributed by atoms with Gasteiger partial charge in [-0.3, -0.25) is 0 Å². The molecule has 0 spiro atoms. The maximum Gasteiger partial charge on any atom is 0.156 e. The Morgan fingerprint density at radius 2 is 2.15 bits per heavy atom. The summed E-state index contributed by atoms with van der Waals surface area (Å²) in [6.07, 6.45) is 0. The molecule has 1 rings (SSSR count). The van der Waals surface area contributed by atoms with E-state index in [4.69, 9.17) is 5.53 Å². The van der Waals surface area contributed by atoms with Crippen molar-refractivity contribution in [1.29, 1.82) is 0 Å². The van der Waals surface area contributed by atoms with Gasteiger partial charge in [-0.1, -0.05) is 35.1 Å². The van der Waals surface area contributed by atoms with Gasteiger partial charge in [0.2, 0.25) is 0 Å². The third kappa shape index (κ3) is 3.83. The fourth-order valence-corrected chi connectivity index (χ4v) is 1.54. The number of halogens is 1. The Kier molecular flexibility index (Phi) is 4.15. The second-order valence-corrected chi connectivity index (χ2v) is 3.47. The fourth-order valence-electron chi connectivity index (χ4n) is 0.785. The van der Waals surface area contributed by atoms with Crippen LogP contribution in [0.4, 0.5) is 4.39 Å². The van der Waals surface area contributed by atoms with Crippen LogP contribution in [0.25, 0.3) is 10.4 Å². The highest BCUT2D eigenvalue weighted by atomic mass is 32.2. The van der Waals surface area contributed by atoms with Crippen molar-refractivity contribution in [3.8, 4) is 0 Å². The molecule has 0 bridgehead atoms. The SMILES string of the molecule is [N-]=[N+]=NCC(F)Sc1ccccc1. The van der Waals surface area contributed by atoms with Crippen LogP contribution in [0.2, 0.25) is 0 Å². The molecule has 0 amide bonds. The topological polar surface area (TPSA) is 48.8 Å². The smallest absolute Gasteiger partial charge is 0.156 e. The monoisotopic (exact) mass is 197 g/mol. The summed E-state index contributed by atoms with van der Waals surface area (Å²) in [6, 6.07) is 9.16. The predicted molar refractivity (Wildman–Crippen MR) is 51.2 cm³/mol. The van der Waals surface area contributed by atoms with Gasteiger partial charge in [0.05, 0.1) is 6.54 Å². The van der Waals surface area contributed by atoms with Crippen molar-refractivity contribution in [2.24, 2.45) is 5.11 Å². The van der Waals surface area contributed by atoms with Gasteiger partial charge in [0, 0.05) is 9.81 Å². The lowest BCUT2D eigenvalue weighted by molar-refractivity contribution is 0.460. The number of hydrogen-bond donors (Lipinski definition) is 0. The summed E-state index contributed by atoms with van der Waals surface area (Å²) in [4.78, 5) is 3.33. The van der Waals surface area contributed by atoms with Crippen LogP contribution in [-0.4, -0.2) is 12.0 Å². The molecule has 1 unspecified atom stereocenters. The normalized spacial score (nSPS) is 11.8. The number of azide groups is 1. The summed E-state index contributed by atoms with van der Waals surface area (Å²) in [5.41, 5.74) is 6.80. The first kappa shape index (κ1) is 9.89. The van der Waals surface area contributed by atoms with Crippen molar-refractivity contribution in [2.75, 3.05) is 6.54 Å². The lowest BCUT2D eigenvalue weighted by Crippen LogP contribution is -1.96. The van der Waals surface area contributed by atoms with Gasteiger partial charge in [0.25, 0.3) is 0 Å². The molecule has 0 heterocycles. The molecule has 0 saturated heterocycles. The minimum Gasteiger partial charge on any atom is -0.235 e. The first-order chi connectivity index (χ1) is 6.33. The van der Waals surface area contributed by atoms with Gasteiger partial charge in [-0.05, 0) is 17.7 Å². The maximum absolute atomic E-state index is 13.0. The third-order valence-corrected chi connectivity index (χ3v) is 2.24. The number of nitrogens with zero attached hydrogens (tertiary/aromatic N) is 3. The van der Waals surface area contributed by atoms with E-state index in [-0.39, 0.29) is 6.54 Å².